The highest BCUT2D eigenvalue weighted by Crippen LogP contribution is 2.59. The zero-order chi connectivity index (χ0) is 15.7. The van der Waals surface area contributed by atoms with E-state index in [0.29, 0.717) is 23.2 Å². The molecule has 2 rings (SSSR count). The molecule has 2 heteroatoms. The van der Waals surface area contributed by atoms with Crippen LogP contribution in [0.15, 0.2) is 0 Å². The number of carbonyl (C=O) groups excluding carboxylic acids is 1. The van der Waals surface area contributed by atoms with Gasteiger partial charge in [-0.2, -0.15) is 0 Å². The van der Waals surface area contributed by atoms with Gasteiger partial charge in [0.2, 0.25) is 0 Å². The Kier molecular flexibility index (Phi) is 5.18. The first kappa shape index (κ1) is 17.0. The van der Waals surface area contributed by atoms with Crippen molar-refractivity contribution < 1.29 is 9.90 Å². The van der Waals surface area contributed by atoms with Crippen LogP contribution in [0, 0.1) is 29.1 Å². The fourth-order valence-corrected chi connectivity index (χ4v) is 5.44. The predicted molar refractivity (Wildman–Crippen MR) is 87.0 cm³/mol. The summed E-state index contributed by atoms with van der Waals surface area (Å²) >= 11 is 0. The lowest BCUT2D eigenvalue weighted by Gasteiger charge is -2.45. The van der Waals surface area contributed by atoms with E-state index in [9.17, 15) is 9.90 Å². The van der Waals surface area contributed by atoms with Gasteiger partial charge in [-0.3, -0.25) is 0 Å². The number of fused-ring (bicyclic) bond motifs is 1. The summed E-state index contributed by atoms with van der Waals surface area (Å²) in [5.41, 5.74) is -0.146. The molecule has 0 saturated heterocycles. The summed E-state index contributed by atoms with van der Waals surface area (Å²) in [4.78, 5) is 11.4. The summed E-state index contributed by atoms with van der Waals surface area (Å²) in [7, 11) is 0. The van der Waals surface area contributed by atoms with Crippen molar-refractivity contribution in [2.24, 2.45) is 29.1 Å². The molecule has 21 heavy (non-hydrogen) atoms. The van der Waals surface area contributed by atoms with Gasteiger partial charge in [-0.05, 0) is 69.1 Å². The number of carbonyl (C=O) groups is 1. The summed E-state index contributed by atoms with van der Waals surface area (Å²) in [6.07, 6.45) is 10.7. The zero-order valence-electron chi connectivity index (χ0n) is 14.4. The summed E-state index contributed by atoms with van der Waals surface area (Å²) < 4.78 is 0. The third-order valence-electron chi connectivity index (χ3n) is 6.56. The van der Waals surface area contributed by atoms with Gasteiger partial charge in [-0.25, -0.2) is 0 Å². The Morgan fingerprint density at radius 2 is 2.05 bits per heavy atom. The van der Waals surface area contributed by atoms with Gasteiger partial charge in [0, 0.05) is 5.92 Å². The van der Waals surface area contributed by atoms with Crippen LogP contribution in [0.2, 0.25) is 0 Å². The largest absolute Gasteiger partial charge is 0.390 e. The summed E-state index contributed by atoms with van der Waals surface area (Å²) in [6, 6.07) is 0. The molecular formula is C19H34O2. The maximum absolute atomic E-state index is 11.4. The SMILES string of the molecule is C[C@H](CCCC(C)(C)O)[C@H]1CC[C@@H]2C(C=O)CCC[C@@]21C. The normalized spacial score (nSPS) is 38.0. The second-order valence-corrected chi connectivity index (χ2v) is 8.67. The second-order valence-electron chi connectivity index (χ2n) is 8.67. The van der Waals surface area contributed by atoms with Crippen LogP contribution < -0.4 is 0 Å². The fourth-order valence-electron chi connectivity index (χ4n) is 5.44. The van der Waals surface area contributed by atoms with Crippen LogP contribution in [0.5, 0.6) is 0 Å². The number of aldehydes is 1. The Labute approximate surface area is 130 Å². The van der Waals surface area contributed by atoms with Gasteiger partial charge < -0.3 is 9.90 Å². The Balaban J connectivity index is 1.95. The Morgan fingerprint density at radius 1 is 1.33 bits per heavy atom. The molecule has 2 aliphatic rings. The molecule has 2 saturated carbocycles. The van der Waals surface area contributed by atoms with Gasteiger partial charge >= 0.3 is 0 Å². The van der Waals surface area contributed by atoms with Crippen molar-refractivity contribution in [2.45, 2.75) is 84.7 Å². The van der Waals surface area contributed by atoms with Crippen molar-refractivity contribution >= 4 is 6.29 Å². The lowest BCUT2D eigenvalue weighted by molar-refractivity contribution is -0.116. The lowest BCUT2D eigenvalue weighted by Crippen LogP contribution is -2.39. The molecule has 1 unspecified atom stereocenters. The van der Waals surface area contributed by atoms with E-state index in [2.05, 4.69) is 13.8 Å². The van der Waals surface area contributed by atoms with Gasteiger partial charge in [0.15, 0.2) is 0 Å². The minimum absolute atomic E-state index is 0.317. The minimum Gasteiger partial charge on any atom is -0.390 e. The van der Waals surface area contributed by atoms with E-state index in [1.54, 1.807) is 0 Å². The molecule has 0 aromatic carbocycles. The molecule has 2 aliphatic carbocycles. The van der Waals surface area contributed by atoms with E-state index < -0.39 is 5.60 Å². The van der Waals surface area contributed by atoms with E-state index in [4.69, 9.17) is 0 Å². The molecule has 2 nitrogen and oxygen atoms in total. The standard InChI is InChI=1S/C19H34O2/c1-14(7-5-11-18(2,3)21)16-9-10-17-15(13-20)8-6-12-19(16,17)4/h13-17,21H,5-12H2,1-4H3/t14-,15?,16-,17-,19-/m1/s1. The average molecular weight is 294 g/mol. The van der Waals surface area contributed by atoms with Crippen molar-refractivity contribution in [2.75, 3.05) is 0 Å². The van der Waals surface area contributed by atoms with Crippen LogP contribution in [0.3, 0.4) is 0 Å². The topological polar surface area (TPSA) is 37.3 Å². The summed E-state index contributed by atoms with van der Waals surface area (Å²) in [5, 5.41) is 9.86. The molecule has 0 heterocycles. The van der Waals surface area contributed by atoms with E-state index in [1.165, 1.54) is 38.4 Å². The molecule has 0 aliphatic heterocycles. The lowest BCUT2D eigenvalue weighted by atomic mass is 9.59. The van der Waals surface area contributed by atoms with Crippen LogP contribution in [-0.4, -0.2) is 17.0 Å². The summed E-state index contributed by atoms with van der Waals surface area (Å²) in [6.45, 7) is 8.66. The molecule has 5 atom stereocenters. The van der Waals surface area contributed by atoms with Crippen molar-refractivity contribution in [3.05, 3.63) is 0 Å². The Bertz CT molecular complexity index is 357. The van der Waals surface area contributed by atoms with E-state index >= 15 is 0 Å². The van der Waals surface area contributed by atoms with Gasteiger partial charge in [0.1, 0.15) is 6.29 Å². The first-order chi connectivity index (χ1) is 9.78. The average Bonchev–Trinajstić information content (AvgIpc) is 2.73. The second kappa shape index (κ2) is 6.40. The quantitative estimate of drug-likeness (QED) is 0.727. The maximum Gasteiger partial charge on any atom is 0.123 e. The van der Waals surface area contributed by atoms with Crippen molar-refractivity contribution in [1.82, 2.24) is 0 Å². The molecule has 0 spiro atoms. The number of aliphatic hydroxyl groups is 1. The van der Waals surface area contributed by atoms with Crippen LogP contribution in [0.4, 0.5) is 0 Å². The summed E-state index contributed by atoms with van der Waals surface area (Å²) in [5.74, 6) is 2.43. The highest BCUT2D eigenvalue weighted by molar-refractivity contribution is 5.54. The van der Waals surface area contributed by atoms with E-state index in [0.717, 1.165) is 25.2 Å². The van der Waals surface area contributed by atoms with E-state index in [-0.39, 0.29) is 0 Å². The first-order valence-corrected chi connectivity index (χ1v) is 8.95. The number of hydrogen-bond acceptors (Lipinski definition) is 2. The fraction of sp³-hybridized carbons (Fsp3) is 0.947. The van der Waals surface area contributed by atoms with Crippen LogP contribution in [0.1, 0.15) is 79.1 Å². The molecule has 0 amide bonds. The third-order valence-corrected chi connectivity index (χ3v) is 6.56. The molecule has 0 bridgehead atoms. The van der Waals surface area contributed by atoms with Crippen LogP contribution in [-0.2, 0) is 4.79 Å². The Morgan fingerprint density at radius 3 is 2.67 bits per heavy atom. The van der Waals surface area contributed by atoms with Crippen molar-refractivity contribution in [3.63, 3.8) is 0 Å². The molecular weight excluding hydrogens is 260 g/mol. The molecule has 1 N–H and O–H groups in total. The number of rotatable bonds is 6. The highest BCUT2D eigenvalue weighted by Gasteiger charge is 2.52. The van der Waals surface area contributed by atoms with Gasteiger partial charge in [0.25, 0.3) is 0 Å². The molecule has 2 fully saturated rings. The monoisotopic (exact) mass is 294 g/mol. The van der Waals surface area contributed by atoms with Gasteiger partial charge in [-0.1, -0.05) is 33.1 Å². The van der Waals surface area contributed by atoms with Gasteiger partial charge in [-0.15, -0.1) is 0 Å². The maximum atomic E-state index is 11.4. The van der Waals surface area contributed by atoms with Gasteiger partial charge in [0.05, 0.1) is 5.60 Å². The van der Waals surface area contributed by atoms with E-state index in [1.807, 2.05) is 13.8 Å². The minimum atomic E-state index is -0.532. The third kappa shape index (κ3) is 3.70. The van der Waals surface area contributed by atoms with Crippen molar-refractivity contribution in [1.29, 1.82) is 0 Å². The molecule has 0 aromatic heterocycles. The van der Waals surface area contributed by atoms with Crippen LogP contribution >= 0.6 is 0 Å². The highest BCUT2D eigenvalue weighted by atomic mass is 16.3. The molecule has 0 aromatic rings. The smallest absolute Gasteiger partial charge is 0.123 e. The van der Waals surface area contributed by atoms with Crippen LogP contribution in [0.25, 0.3) is 0 Å². The zero-order valence-corrected chi connectivity index (χ0v) is 14.4. The number of hydrogen-bond donors (Lipinski definition) is 1. The molecule has 0 radical (unpaired) electrons. The molecule has 122 valence electrons. The first-order valence-electron chi connectivity index (χ1n) is 8.95. The predicted octanol–water partition coefficient (Wildman–Crippen LogP) is 4.60. The van der Waals surface area contributed by atoms with Crippen molar-refractivity contribution in [3.8, 4) is 0 Å². The Hall–Kier alpha value is -0.370.